The molecule has 2 atom stereocenters. The molecule has 1 N–H and O–H groups in total. The third kappa shape index (κ3) is 3.27. The Morgan fingerprint density at radius 3 is 2.56 bits per heavy atom. The topological polar surface area (TPSA) is 114 Å². The summed E-state index contributed by atoms with van der Waals surface area (Å²) in [6, 6.07) is -0.438. The maximum absolute atomic E-state index is 11.8. The van der Waals surface area contributed by atoms with E-state index in [1.54, 1.807) is 14.1 Å². The molecule has 1 unspecified atom stereocenters. The summed E-state index contributed by atoms with van der Waals surface area (Å²) in [5.74, 6) is -0.220. The summed E-state index contributed by atoms with van der Waals surface area (Å²) in [4.78, 5) is 27.0. The minimum Gasteiger partial charge on any atom is -0.509 e. The van der Waals surface area contributed by atoms with E-state index in [4.69, 9.17) is 5.53 Å². The van der Waals surface area contributed by atoms with Crippen LogP contribution in [0.5, 0.6) is 0 Å². The van der Waals surface area contributed by atoms with E-state index in [9.17, 15) is 14.7 Å². The highest BCUT2D eigenvalue weighted by Crippen LogP contribution is 2.28. The second kappa shape index (κ2) is 6.11. The number of rotatable bonds is 3. The van der Waals surface area contributed by atoms with Gasteiger partial charge in [-0.15, -0.1) is 0 Å². The van der Waals surface area contributed by atoms with Crippen molar-refractivity contribution in [1.29, 1.82) is 5.53 Å². The van der Waals surface area contributed by atoms with Gasteiger partial charge in [-0.1, -0.05) is 5.01 Å². The lowest BCUT2D eigenvalue weighted by Crippen LogP contribution is -2.47. The fraction of sp³-hybridized carbons (Fsp3) is 0.800. The molecule has 0 aromatic carbocycles. The Morgan fingerprint density at radius 1 is 1.39 bits per heavy atom. The van der Waals surface area contributed by atoms with Crippen LogP contribution in [-0.4, -0.2) is 42.0 Å². The fourth-order valence-electron chi connectivity index (χ4n) is 2.28. The third-order valence-electron chi connectivity index (χ3n) is 3.11. The van der Waals surface area contributed by atoms with Crippen molar-refractivity contribution in [3.63, 3.8) is 0 Å². The zero-order valence-electron chi connectivity index (χ0n) is 10.5. The second-order valence-corrected chi connectivity index (χ2v) is 4.55. The van der Waals surface area contributed by atoms with Crippen LogP contribution >= 0.6 is 0 Å². The minimum absolute atomic E-state index is 0.0131. The minimum atomic E-state index is -1.49. The summed E-state index contributed by atoms with van der Waals surface area (Å²) in [5, 5.41) is 14.8. The molecular weight excluding hydrogens is 238 g/mol. The van der Waals surface area contributed by atoms with Crippen LogP contribution in [0.15, 0.2) is 5.22 Å². The van der Waals surface area contributed by atoms with E-state index in [1.165, 1.54) is 4.90 Å². The zero-order valence-corrected chi connectivity index (χ0v) is 10.5. The van der Waals surface area contributed by atoms with Crippen LogP contribution in [0.25, 0.3) is 0 Å². The Bertz CT molecular complexity index is 376. The SMILES string of the molecule is CN(C)C(=O)[C@H]1CCCC(N(N=[N+]=N)C(=O)[O-])C1. The molecule has 0 bridgehead atoms. The van der Waals surface area contributed by atoms with Crippen molar-refractivity contribution >= 4 is 12.0 Å². The maximum Gasteiger partial charge on any atom is 0.266 e. The van der Waals surface area contributed by atoms with Crippen molar-refractivity contribution < 1.29 is 14.7 Å². The van der Waals surface area contributed by atoms with E-state index < -0.39 is 12.1 Å². The number of carbonyl (C=O) groups is 2. The molecule has 2 amide bonds. The Labute approximate surface area is 105 Å². The average Bonchev–Trinajstić information content (AvgIpc) is 2.34. The highest BCUT2D eigenvalue weighted by atomic mass is 16.4. The summed E-state index contributed by atoms with van der Waals surface area (Å²) in [5.41, 5.74) is 6.60. The molecule has 0 spiro atoms. The molecule has 0 saturated heterocycles. The van der Waals surface area contributed by atoms with Gasteiger partial charge in [0.1, 0.15) is 6.04 Å². The number of amides is 2. The molecule has 1 rings (SSSR count). The van der Waals surface area contributed by atoms with E-state index in [2.05, 4.69) is 10.1 Å². The van der Waals surface area contributed by atoms with Gasteiger partial charge in [-0.25, -0.2) is 0 Å². The quantitative estimate of drug-likeness (QED) is 0.425. The first-order valence-electron chi connectivity index (χ1n) is 5.76. The zero-order chi connectivity index (χ0) is 13.7. The monoisotopic (exact) mass is 255 g/mol. The summed E-state index contributed by atoms with van der Waals surface area (Å²) in [6.07, 6.45) is 0.987. The Kier molecular flexibility index (Phi) is 4.79. The first-order valence-corrected chi connectivity index (χ1v) is 5.76. The smallest absolute Gasteiger partial charge is 0.266 e. The van der Waals surface area contributed by atoms with Crippen LogP contribution in [0.3, 0.4) is 0 Å². The van der Waals surface area contributed by atoms with Crippen LogP contribution in [0.4, 0.5) is 4.79 Å². The van der Waals surface area contributed by atoms with Gasteiger partial charge in [0.05, 0.1) is 4.91 Å². The van der Waals surface area contributed by atoms with Crippen LogP contribution < -0.4 is 10.0 Å². The van der Waals surface area contributed by atoms with E-state index in [0.29, 0.717) is 17.9 Å². The van der Waals surface area contributed by atoms with E-state index >= 15 is 0 Å². The number of carbonyl (C=O) groups excluding carboxylic acids is 2. The highest BCUT2D eigenvalue weighted by Gasteiger charge is 2.36. The Balaban J connectivity index is 2.76. The first kappa shape index (κ1) is 14.1. The summed E-state index contributed by atoms with van der Waals surface area (Å²) < 4.78 is 0. The van der Waals surface area contributed by atoms with Crippen LogP contribution in [0, 0.1) is 11.4 Å². The fourth-order valence-corrected chi connectivity index (χ4v) is 2.28. The van der Waals surface area contributed by atoms with E-state index in [-0.39, 0.29) is 11.8 Å². The number of hydrogen-bond acceptors (Lipinski definition) is 5. The lowest BCUT2D eigenvalue weighted by Gasteiger charge is -2.30. The Morgan fingerprint density at radius 2 is 2.06 bits per heavy atom. The number of nitrogens with one attached hydrogen (secondary N) is 1. The molecule has 1 aliphatic rings. The van der Waals surface area contributed by atoms with E-state index in [0.717, 1.165) is 12.8 Å². The van der Waals surface area contributed by atoms with Gasteiger partial charge in [-0.3, -0.25) is 4.79 Å². The molecule has 8 heteroatoms. The molecule has 0 aromatic heterocycles. The van der Waals surface area contributed by atoms with Gasteiger partial charge in [0.25, 0.3) is 6.09 Å². The van der Waals surface area contributed by atoms with Crippen molar-refractivity contribution in [3.05, 3.63) is 0 Å². The summed E-state index contributed by atoms with van der Waals surface area (Å²) >= 11 is 0. The molecule has 0 radical (unpaired) electrons. The van der Waals surface area contributed by atoms with Crippen molar-refractivity contribution in [3.8, 4) is 0 Å². The number of nitrogens with zero attached hydrogens (tertiary/aromatic N) is 4. The van der Waals surface area contributed by atoms with Crippen molar-refractivity contribution in [2.45, 2.75) is 31.7 Å². The largest absolute Gasteiger partial charge is 0.509 e. The normalized spacial score (nSPS) is 22.8. The molecule has 8 nitrogen and oxygen atoms in total. The van der Waals surface area contributed by atoms with Crippen LogP contribution in [0.2, 0.25) is 0 Å². The molecule has 0 aromatic rings. The maximum atomic E-state index is 11.8. The molecule has 1 aliphatic carbocycles. The Hall–Kier alpha value is -1.95. The van der Waals surface area contributed by atoms with Crippen molar-refractivity contribution in [2.75, 3.05) is 14.1 Å². The number of hydrogen-bond donors (Lipinski definition) is 1. The predicted molar refractivity (Wildman–Crippen MR) is 59.0 cm³/mol. The number of carboxylic acid groups (broad SMARTS) is 1. The standard InChI is InChI=1S/C10H17N5O3/c1-14(2)9(16)7-4-3-5-8(6-7)15(10(17)18)13-12-11/h7-8,11H,3-6H2,1-2H3/t7-,8?/m0/s1. The van der Waals surface area contributed by atoms with Gasteiger partial charge < -0.3 is 14.8 Å². The highest BCUT2D eigenvalue weighted by molar-refractivity contribution is 5.78. The summed E-state index contributed by atoms with van der Waals surface area (Å²) in [7, 11) is 3.35. The summed E-state index contributed by atoms with van der Waals surface area (Å²) in [6.45, 7) is 0. The lowest BCUT2D eigenvalue weighted by molar-refractivity contribution is -0.269. The molecule has 18 heavy (non-hydrogen) atoms. The van der Waals surface area contributed by atoms with E-state index in [1.807, 2.05) is 0 Å². The van der Waals surface area contributed by atoms with Gasteiger partial charge in [-0.05, 0) is 24.8 Å². The molecule has 1 fully saturated rings. The van der Waals surface area contributed by atoms with Crippen LogP contribution in [0.1, 0.15) is 25.7 Å². The lowest BCUT2D eigenvalue weighted by atomic mass is 9.84. The molecular formula is C10H17N5O3. The van der Waals surface area contributed by atoms with Crippen molar-refractivity contribution in [2.24, 2.45) is 11.1 Å². The molecule has 0 heterocycles. The average molecular weight is 255 g/mol. The van der Waals surface area contributed by atoms with Gasteiger partial charge in [0.15, 0.2) is 0 Å². The predicted octanol–water partition coefficient (Wildman–Crippen LogP) is -0.256. The van der Waals surface area contributed by atoms with Crippen LogP contribution in [-0.2, 0) is 4.79 Å². The molecule has 0 aliphatic heterocycles. The van der Waals surface area contributed by atoms with Gasteiger partial charge in [0, 0.05) is 26.4 Å². The van der Waals surface area contributed by atoms with Gasteiger partial charge in [-0.2, -0.15) is 0 Å². The second-order valence-electron chi connectivity index (χ2n) is 4.55. The molecule has 1 saturated carbocycles. The third-order valence-corrected chi connectivity index (χ3v) is 3.11. The van der Waals surface area contributed by atoms with Gasteiger partial charge >= 0.3 is 0 Å². The first-order chi connectivity index (χ1) is 8.47. The molecule has 100 valence electrons. The van der Waals surface area contributed by atoms with Gasteiger partial charge in [0.2, 0.25) is 11.1 Å². The van der Waals surface area contributed by atoms with Crippen molar-refractivity contribution in [1.82, 2.24) is 14.8 Å².